The van der Waals surface area contributed by atoms with Crippen molar-refractivity contribution in [1.82, 2.24) is 9.71 Å². The zero-order chi connectivity index (χ0) is 14.7. The van der Waals surface area contributed by atoms with Crippen LogP contribution in [0.15, 0.2) is 40.1 Å². The number of hydrogen-bond acceptors (Lipinski definition) is 5. The van der Waals surface area contributed by atoms with Crippen molar-refractivity contribution in [3.8, 4) is 0 Å². The van der Waals surface area contributed by atoms with E-state index in [1.165, 1.54) is 24.2 Å². The smallest absolute Gasteiger partial charge is 0.250 e. The van der Waals surface area contributed by atoms with E-state index in [0.29, 0.717) is 4.21 Å². The number of sulfonamides is 1. The molecular formula is C14H17N3O2S2. The Hall–Kier alpha value is -1.44. The van der Waals surface area contributed by atoms with Crippen LogP contribution in [0.2, 0.25) is 0 Å². The summed E-state index contributed by atoms with van der Waals surface area (Å²) in [5.74, 6) is 0.970. The molecule has 0 amide bonds. The Morgan fingerprint density at radius 3 is 2.67 bits per heavy atom. The molecule has 112 valence electrons. The van der Waals surface area contributed by atoms with Crippen LogP contribution in [0.4, 0.5) is 5.82 Å². The summed E-state index contributed by atoms with van der Waals surface area (Å²) in [5, 5.41) is 1.75. The van der Waals surface area contributed by atoms with Gasteiger partial charge < -0.3 is 4.90 Å². The zero-order valence-corrected chi connectivity index (χ0v) is 13.2. The maximum absolute atomic E-state index is 12.0. The van der Waals surface area contributed by atoms with E-state index in [-0.39, 0.29) is 6.54 Å². The second-order valence-corrected chi connectivity index (χ2v) is 7.92. The number of pyridine rings is 1. The molecule has 5 nitrogen and oxygen atoms in total. The van der Waals surface area contributed by atoms with Crippen LogP contribution in [-0.2, 0) is 16.6 Å². The van der Waals surface area contributed by atoms with Crippen molar-refractivity contribution >= 4 is 27.2 Å². The predicted octanol–water partition coefficient (Wildman–Crippen LogP) is 2.22. The maximum atomic E-state index is 12.0. The summed E-state index contributed by atoms with van der Waals surface area (Å²) in [4.78, 5) is 6.67. The lowest BCUT2D eigenvalue weighted by Crippen LogP contribution is -2.23. The Morgan fingerprint density at radius 2 is 2.05 bits per heavy atom. The summed E-state index contributed by atoms with van der Waals surface area (Å²) in [6.07, 6.45) is 4.17. The van der Waals surface area contributed by atoms with Crippen molar-refractivity contribution in [2.75, 3.05) is 18.0 Å². The van der Waals surface area contributed by atoms with E-state index in [1.807, 2.05) is 12.1 Å². The largest absolute Gasteiger partial charge is 0.357 e. The van der Waals surface area contributed by atoms with Crippen LogP contribution < -0.4 is 9.62 Å². The summed E-state index contributed by atoms with van der Waals surface area (Å²) >= 11 is 1.21. The third-order valence-corrected chi connectivity index (χ3v) is 6.26. The van der Waals surface area contributed by atoms with Crippen LogP contribution in [0, 0.1) is 0 Å². The molecule has 3 heterocycles. The molecule has 2 aromatic heterocycles. The van der Waals surface area contributed by atoms with Crippen molar-refractivity contribution in [3.05, 3.63) is 41.4 Å². The fourth-order valence-corrected chi connectivity index (χ4v) is 4.38. The van der Waals surface area contributed by atoms with Crippen LogP contribution in [0.25, 0.3) is 0 Å². The van der Waals surface area contributed by atoms with Gasteiger partial charge in [0.1, 0.15) is 10.0 Å². The van der Waals surface area contributed by atoms with Gasteiger partial charge in [-0.3, -0.25) is 0 Å². The Kier molecular flexibility index (Phi) is 4.23. The maximum Gasteiger partial charge on any atom is 0.250 e. The lowest BCUT2D eigenvalue weighted by atomic mass is 10.3. The number of thiophene rings is 1. The molecule has 2 aromatic rings. The molecule has 0 bridgehead atoms. The van der Waals surface area contributed by atoms with Gasteiger partial charge in [-0.05, 0) is 35.9 Å². The van der Waals surface area contributed by atoms with E-state index in [9.17, 15) is 8.42 Å². The number of aromatic nitrogens is 1. The average Bonchev–Trinajstić information content (AvgIpc) is 3.19. The Bertz CT molecular complexity index is 676. The second kappa shape index (κ2) is 6.13. The van der Waals surface area contributed by atoms with Crippen LogP contribution in [0.5, 0.6) is 0 Å². The molecule has 0 unspecified atom stereocenters. The molecule has 3 rings (SSSR count). The third-order valence-electron chi connectivity index (χ3n) is 3.47. The third kappa shape index (κ3) is 3.42. The summed E-state index contributed by atoms with van der Waals surface area (Å²) in [5.41, 5.74) is 0.859. The van der Waals surface area contributed by atoms with Gasteiger partial charge in [0, 0.05) is 25.8 Å². The molecule has 0 spiro atoms. The molecule has 1 fully saturated rings. The minimum atomic E-state index is -3.41. The van der Waals surface area contributed by atoms with Gasteiger partial charge in [0.25, 0.3) is 0 Å². The molecule has 1 N–H and O–H groups in total. The lowest BCUT2D eigenvalue weighted by molar-refractivity contribution is 0.583. The zero-order valence-electron chi connectivity index (χ0n) is 11.5. The van der Waals surface area contributed by atoms with Crippen molar-refractivity contribution in [2.45, 2.75) is 23.6 Å². The normalized spacial score (nSPS) is 15.5. The highest BCUT2D eigenvalue weighted by Gasteiger charge is 2.15. The van der Waals surface area contributed by atoms with Crippen molar-refractivity contribution in [1.29, 1.82) is 0 Å². The highest BCUT2D eigenvalue weighted by atomic mass is 32.2. The van der Waals surface area contributed by atoms with Gasteiger partial charge in [-0.1, -0.05) is 12.1 Å². The van der Waals surface area contributed by atoms with Crippen LogP contribution >= 0.6 is 11.3 Å². The van der Waals surface area contributed by atoms with Crippen LogP contribution in [0.3, 0.4) is 0 Å². The first-order chi connectivity index (χ1) is 10.1. The fourth-order valence-electron chi connectivity index (χ4n) is 2.32. The summed E-state index contributed by atoms with van der Waals surface area (Å²) in [7, 11) is -3.41. The Labute approximate surface area is 128 Å². The lowest BCUT2D eigenvalue weighted by Gasteiger charge is -2.16. The van der Waals surface area contributed by atoms with Gasteiger partial charge in [0.15, 0.2) is 0 Å². The summed E-state index contributed by atoms with van der Waals surface area (Å²) in [6, 6.07) is 7.21. The first kappa shape index (κ1) is 14.5. The molecule has 21 heavy (non-hydrogen) atoms. The number of nitrogens with one attached hydrogen (secondary N) is 1. The van der Waals surface area contributed by atoms with Crippen molar-refractivity contribution < 1.29 is 8.42 Å². The first-order valence-electron chi connectivity index (χ1n) is 6.88. The van der Waals surface area contributed by atoms with E-state index in [4.69, 9.17) is 0 Å². The summed E-state index contributed by atoms with van der Waals surface area (Å²) < 4.78 is 27.0. The molecule has 7 heteroatoms. The monoisotopic (exact) mass is 323 g/mol. The minimum Gasteiger partial charge on any atom is -0.357 e. The van der Waals surface area contributed by atoms with Gasteiger partial charge in [0.05, 0.1) is 0 Å². The molecule has 0 saturated carbocycles. The van der Waals surface area contributed by atoms with E-state index in [1.54, 1.807) is 23.7 Å². The molecule has 1 saturated heterocycles. The Morgan fingerprint density at radius 1 is 1.24 bits per heavy atom. The van der Waals surface area contributed by atoms with Gasteiger partial charge in [-0.15, -0.1) is 11.3 Å². The van der Waals surface area contributed by atoms with Crippen LogP contribution in [0.1, 0.15) is 18.4 Å². The Balaban J connectivity index is 1.63. The topological polar surface area (TPSA) is 62.3 Å². The molecule has 0 atom stereocenters. The van der Waals surface area contributed by atoms with E-state index in [2.05, 4.69) is 14.6 Å². The number of hydrogen-bond donors (Lipinski definition) is 1. The van der Waals surface area contributed by atoms with Crippen LogP contribution in [-0.4, -0.2) is 26.5 Å². The SMILES string of the molecule is O=S(=O)(NCc1ccc(N2CCCC2)nc1)c1cccs1. The average molecular weight is 323 g/mol. The van der Waals surface area contributed by atoms with Gasteiger partial charge in [0.2, 0.25) is 10.0 Å². The molecule has 0 radical (unpaired) electrons. The highest BCUT2D eigenvalue weighted by Crippen LogP contribution is 2.18. The standard InChI is InChI=1S/C14H17N3O2S2/c18-21(19,14-4-3-9-20-14)16-11-12-5-6-13(15-10-12)17-7-1-2-8-17/h3-6,9-10,16H,1-2,7-8,11H2. The number of nitrogens with zero attached hydrogens (tertiary/aromatic N) is 2. The van der Waals surface area contributed by atoms with Gasteiger partial charge in [-0.25, -0.2) is 18.1 Å². The van der Waals surface area contributed by atoms with E-state index in [0.717, 1.165) is 24.5 Å². The molecule has 1 aliphatic heterocycles. The molecular weight excluding hydrogens is 306 g/mol. The number of rotatable bonds is 5. The molecule has 1 aliphatic rings. The predicted molar refractivity (Wildman–Crippen MR) is 84.0 cm³/mol. The van der Waals surface area contributed by atoms with E-state index < -0.39 is 10.0 Å². The summed E-state index contributed by atoms with van der Waals surface area (Å²) in [6.45, 7) is 2.36. The number of anilines is 1. The van der Waals surface area contributed by atoms with Crippen molar-refractivity contribution in [3.63, 3.8) is 0 Å². The molecule has 0 aliphatic carbocycles. The first-order valence-corrected chi connectivity index (χ1v) is 9.24. The van der Waals surface area contributed by atoms with E-state index >= 15 is 0 Å². The van der Waals surface area contributed by atoms with Gasteiger partial charge in [-0.2, -0.15) is 0 Å². The molecule has 0 aromatic carbocycles. The fraction of sp³-hybridized carbons (Fsp3) is 0.357. The minimum absolute atomic E-state index is 0.257. The second-order valence-electron chi connectivity index (χ2n) is 4.98. The van der Waals surface area contributed by atoms with Crippen molar-refractivity contribution in [2.24, 2.45) is 0 Å². The highest BCUT2D eigenvalue weighted by molar-refractivity contribution is 7.91. The quantitative estimate of drug-likeness (QED) is 0.916. The van der Waals surface area contributed by atoms with Gasteiger partial charge >= 0.3 is 0 Å².